The summed E-state index contributed by atoms with van der Waals surface area (Å²) in [6.07, 6.45) is 0. The number of Topliss-reactive ketones (excluding diaryl/α,β-unsaturated/α-hetero) is 2. The van der Waals surface area contributed by atoms with Gasteiger partial charge in [-0.3, -0.25) is 9.59 Å². The molecule has 0 aliphatic carbocycles. The minimum Gasteiger partial charge on any atom is -0.461 e. The Kier molecular flexibility index (Phi) is 58.9. The highest BCUT2D eigenvalue weighted by Crippen LogP contribution is 2.11. The number of rotatable bonds is 9. The summed E-state index contributed by atoms with van der Waals surface area (Å²) in [5.41, 5.74) is 3.69. The first-order valence-corrected chi connectivity index (χ1v) is 25.3. The van der Waals surface area contributed by atoms with Gasteiger partial charge in [0.1, 0.15) is 47.4 Å². The molecule has 1 N–H and O–H groups in total. The predicted molar refractivity (Wildman–Crippen MR) is 306 cm³/mol. The van der Waals surface area contributed by atoms with E-state index in [9.17, 15) is 9.59 Å². The van der Waals surface area contributed by atoms with Gasteiger partial charge in [-0.05, 0) is 101 Å². The Bertz CT molecular complexity index is 2060. The van der Waals surface area contributed by atoms with Gasteiger partial charge in [-0.15, -0.1) is 0 Å². The van der Waals surface area contributed by atoms with Crippen molar-refractivity contribution < 1.29 is 19.1 Å². The number of para-hydroxylation sites is 1. The zero-order valence-corrected chi connectivity index (χ0v) is 49.1. The van der Waals surface area contributed by atoms with Crippen molar-refractivity contribution in [3.05, 3.63) is 155 Å². The van der Waals surface area contributed by atoms with Gasteiger partial charge in [0.15, 0.2) is 11.6 Å². The van der Waals surface area contributed by atoms with Crippen molar-refractivity contribution in [2.24, 2.45) is 0 Å². The molecular weight excluding hydrogens is 901 g/mol. The van der Waals surface area contributed by atoms with Crippen molar-refractivity contribution in [3.63, 3.8) is 0 Å². The molecule has 3 aromatic heterocycles. The molecular formula is C58H96N10O4. The van der Waals surface area contributed by atoms with Crippen molar-refractivity contribution >= 4 is 23.2 Å². The predicted octanol–water partition coefficient (Wildman–Crippen LogP) is 15.1. The van der Waals surface area contributed by atoms with Crippen LogP contribution in [0.15, 0.2) is 103 Å². The Labute approximate surface area is 437 Å². The first kappa shape index (κ1) is 76.8. The van der Waals surface area contributed by atoms with E-state index in [0.717, 1.165) is 40.4 Å². The van der Waals surface area contributed by atoms with Crippen LogP contribution in [0.1, 0.15) is 167 Å². The lowest BCUT2D eigenvalue weighted by Gasteiger charge is -2.05. The first-order valence-electron chi connectivity index (χ1n) is 25.3. The van der Waals surface area contributed by atoms with Gasteiger partial charge < -0.3 is 14.8 Å². The minimum absolute atomic E-state index is 0.0648. The fourth-order valence-electron chi connectivity index (χ4n) is 4.29. The Balaban J connectivity index is -0.000000178. The topological polar surface area (TPSA) is 181 Å². The number of nitrogens with zero attached hydrogens (tertiary/aromatic N) is 9. The van der Waals surface area contributed by atoms with Gasteiger partial charge in [0.2, 0.25) is 5.95 Å². The second-order valence-corrected chi connectivity index (χ2v) is 12.9. The molecule has 6 rings (SSSR count). The Hall–Kier alpha value is -6.67. The molecule has 0 radical (unpaired) electrons. The van der Waals surface area contributed by atoms with E-state index in [-0.39, 0.29) is 11.6 Å². The van der Waals surface area contributed by atoms with E-state index in [1.165, 1.54) is 12.5 Å². The average Bonchev–Trinajstić information content (AvgIpc) is 3.37. The van der Waals surface area contributed by atoms with E-state index < -0.39 is 0 Å². The van der Waals surface area contributed by atoms with Gasteiger partial charge in [0.25, 0.3) is 0 Å². The maximum atomic E-state index is 10.6. The summed E-state index contributed by atoms with van der Waals surface area (Å²) in [7, 11) is 0. The molecule has 0 aliphatic rings. The zero-order chi connectivity index (χ0) is 56.9. The highest BCUT2D eigenvalue weighted by atomic mass is 16.5. The lowest BCUT2D eigenvalue weighted by molar-refractivity contribution is -0.113. The number of hydrogen-bond acceptors (Lipinski definition) is 14. The van der Waals surface area contributed by atoms with E-state index in [0.29, 0.717) is 49.0 Å². The number of carbonyl (C=O) groups is 2. The van der Waals surface area contributed by atoms with Gasteiger partial charge in [0, 0.05) is 17.9 Å². The molecule has 0 atom stereocenters. The van der Waals surface area contributed by atoms with Gasteiger partial charge in [-0.1, -0.05) is 174 Å². The van der Waals surface area contributed by atoms with Crippen LogP contribution in [0.25, 0.3) is 0 Å². The smallest absolute Gasteiger partial charge is 0.319 e. The number of anilines is 2. The monoisotopic (exact) mass is 997 g/mol. The number of carbonyl (C=O) groups excluding carboxylic acids is 2. The highest BCUT2D eigenvalue weighted by molar-refractivity contribution is 5.93. The summed E-state index contributed by atoms with van der Waals surface area (Å²) in [6.45, 7) is 50.8. The van der Waals surface area contributed by atoms with E-state index in [4.69, 9.17) is 9.47 Å². The molecule has 14 nitrogen and oxygen atoms in total. The molecule has 72 heavy (non-hydrogen) atoms. The summed E-state index contributed by atoms with van der Waals surface area (Å²) in [5, 5.41) is 3.12. The quantitative estimate of drug-likeness (QED) is 0.0821. The van der Waals surface area contributed by atoms with Crippen LogP contribution >= 0.6 is 0 Å². The second-order valence-electron chi connectivity index (χ2n) is 12.9. The maximum Gasteiger partial charge on any atom is 0.319 e. The fourth-order valence-corrected chi connectivity index (χ4v) is 4.29. The number of ketones is 2. The van der Waals surface area contributed by atoms with E-state index in [2.05, 4.69) is 75.8 Å². The van der Waals surface area contributed by atoms with Crippen LogP contribution in [0.3, 0.4) is 0 Å². The van der Waals surface area contributed by atoms with Crippen molar-refractivity contribution in [2.75, 3.05) is 25.1 Å². The SMILES string of the molecule is C=C(C)C(C)=O.CC.CC.CC.CC.CC.CC.CC(=O)c1ccccc1.CCOCCOc1nc(C)nc(C)n1.Cc1ccccc1.Cc1nc(C)nc(C)n1.Cc1nc(C)nc(Nc2ccccc2)n1. The number of benzene rings is 3. The third kappa shape index (κ3) is 48.4. The lowest BCUT2D eigenvalue weighted by atomic mass is 10.2. The molecule has 0 aliphatic heterocycles. The summed E-state index contributed by atoms with van der Waals surface area (Å²) >= 11 is 0. The van der Waals surface area contributed by atoms with Crippen molar-refractivity contribution in [3.8, 4) is 6.01 Å². The first-order chi connectivity index (χ1) is 34.5. The Morgan fingerprint density at radius 1 is 0.458 bits per heavy atom. The third-order valence-corrected chi connectivity index (χ3v) is 7.08. The minimum atomic E-state index is 0.0648. The zero-order valence-electron chi connectivity index (χ0n) is 49.1. The van der Waals surface area contributed by atoms with E-state index in [1.54, 1.807) is 13.8 Å². The summed E-state index contributed by atoms with van der Waals surface area (Å²) in [4.78, 5) is 57.3. The van der Waals surface area contributed by atoms with Gasteiger partial charge in [0.05, 0.1) is 6.61 Å². The number of ether oxygens (including phenoxy) is 2. The normalized spacial score (nSPS) is 8.39. The van der Waals surface area contributed by atoms with Crippen molar-refractivity contribution in [1.29, 1.82) is 0 Å². The third-order valence-electron chi connectivity index (χ3n) is 7.08. The molecule has 0 bridgehead atoms. The molecule has 0 fully saturated rings. The molecule has 0 spiro atoms. The summed E-state index contributed by atoms with van der Waals surface area (Å²) in [6, 6.07) is 29.7. The van der Waals surface area contributed by atoms with Gasteiger partial charge in [-0.2, -0.15) is 19.9 Å². The highest BCUT2D eigenvalue weighted by Gasteiger charge is 2.02. The van der Waals surface area contributed by atoms with Crippen molar-refractivity contribution in [2.45, 2.75) is 166 Å². The number of aromatic nitrogens is 9. The van der Waals surface area contributed by atoms with Crippen LogP contribution in [0.2, 0.25) is 0 Å². The van der Waals surface area contributed by atoms with Gasteiger partial charge >= 0.3 is 6.01 Å². The molecule has 0 saturated carbocycles. The maximum absolute atomic E-state index is 10.6. The molecule has 0 unspecified atom stereocenters. The molecule has 0 saturated heterocycles. The molecule has 3 aromatic carbocycles. The lowest BCUT2D eigenvalue weighted by Crippen LogP contribution is -2.09. The number of aryl methyl sites for hydroxylation is 8. The van der Waals surface area contributed by atoms with Crippen LogP contribution in [0, 0.1) is 55.4 Å². The van der Waals surface area contributed by atoms with E-state index in [1.807, 2.05) is 217 Å². The van der Waals surface area contributed by atoms with E-state index >= 15 is 0 Å². The van der Waals surface area contributed by atoms with Crippen LogP contribution in [-0.2, 0) is 9.53 Å². The molecule has 6 aromatic rings. The molecule has 3 heterocycles. The Morgan fingerprint density at radius 3 is 1.04 bits per heavy atom. The van der Waals surface area contributed by atoms with Crippen LogP contribution < -0.4 is 10.1 Å². The van der Waals surface area contributed by atoms with Gasteiger partial charge in [-0.25, -0.2) is 24.9 Å². The van der Waals surface area contributed by atoms with Crippen LogP contribution in [0.4, 0.5) is 11.6 Å². The second kappa shape index (κ2) is 55.3. The summed E-state index contributed by atoms with van der Waals surface area (Å²) < 4.78 is 10.4. The van der Waals surface area contributed by atoms with Crippen LogP contribution in [-0.4, -0.2) is 76.2 Å². The molecule has 0 amide bonds. The average molecular weight is 997 g/mol. The Morgan fingerprint density at radius 2 is 0.764 bits per heavy atom. The number of allylic oxidation sites excluding steroid dienone is 1. The summed E-state index contributed by atoms with van der Waals surface area (Å²) in [5.74, 6) is 5.94. The number of hydrogen-bond donors (Lipinski definition) is 1. The van der Waals surface area contributed by atoms with Crippen LogP contribution in [0.5, 0.6) is 6.01 Å². The van der Waals surface area contributed by atoms with Crippen molar-refractivity contribution in [1.82, 2.24) is 44.9 Å². The molecule has 14 heteroatoms. The fraction of sp³-hybridized carbons (Fsp3) is 0.466. The standard InChI is InChI=1S/C11H12N4.C9H15N3O2.C8H8O.C7H8.C6H9N3.C5H8O.6C2H6/c1-8-12-9(2)14-11(13-8)15-10-6-4-3-5-7-10;1-4-13-5-6-14-9-11-7(2)10-8(3)12-9;1-7(9)8-5-3-2-4-6-8;1-7-5-3-2-4-6-7;1-4-7-5(2)9-6(3)8-4;1-4(2)5(3)6;6*1-2/h3-7H,1-2H3,(H,12,13,14,15);4-6H2,1-3H3;2-6H,1H3;2-6H,1H3;1-3H3;1H2,2-3H3;6*1-2H3. The number of nitrogens with one attached hydrogen (secondary N) is 1. The largest absolute Gasteiger partial charge is 0.461 e. The molecule has 402 valence electrons.